The Hall–Kier alpha value is -1.26. The molecule has 0 heterocycles. The maximum Gasteiger partial charge on any atom is 0.407 e. The van der Waals surface area contributed by atoms with E-state index in [2.05, 4.69) is 12.2 Å². The summed E-state index contributed by atoms with van der Waals surface area (Å²) in [5.41, 5.74) is 0. The predicted molar refractivity (Wildman–Crippen MR) is 106 cm³/mol. The van der Waals surface area contributed by atoms with E-state index in [0.717, 1.165) is 25.7 Å². The van der Waals surface area contributed by atoms with Crippen LogP contribution in [0.15, 0.2) is 0 Å². The molecule has 0 aliphatic carbocycles. The van der Waals surface area contributed by atoms with E-state index in [1.165, 1.54) is 38.5 Å². The quantitative estimate of drug-likeness (QED) is 0.283. The summed E-state index contributed by atoms with van der Waals surface area (Å²) in [5, 5.41) is 2.65. The lowest BCUT2D eigenvalue weighted by atomic mass is 10.0. The normalized spacial score (nSPS) is 12.0. The van der Waals surface area contributed by atoms with Crippen LogP contribution in [0.4, 0.5) is 4.79 Å². The second kappa shape index (κ2) is 17.2. The zero-order valence-electron chi connectivity index (χ0n) is 17.5. The monoisotopic (exact) mass is 371 g/mol. The highest BCUT2D eigenvalue weighted by Crippen LogP contribution is 2.10. The second-order valence-corrected chi connectivity index (χ2v) is 7.46. The Bertz CT molecular complexity index is 358. The summed E-state index contributed by atoms with van der Waals surface area (Å²) in [7, 11) is 0. The maximum absolute atomic E-state index is 12.3. The third-order valence-corrected chi connectivity index (χ3v) is 4.26. The van der Waals surface area contributed by atoms with Gasteiger partial charge in [0.2, 0.25) is 0 Å². The minimum atomic E-state index is -0.627. The Morgan fingerprint density at radius 2 is 1.31 bits per heavy atom. The van der Waals surface area contributed by atoms with E-state index in [9.17, 15) is 9.59 Å². The van der Waals surface area contributed by atoms with Crippen molar-refractivity contribution in [3.63, 3.8) is 0 Å². The van der Waals surface area contributed by atoms with Crippen molar-refractivity contribution in [1.29, 1.82) is 0 Å². The van der Waals surface area contributed by atoms with Gasteiger partial charge in [-0.15, -0.1) is 0 Å². The Labute approximate surface area is 160 Å². The Balaban J connectivity index is 3.98. The van der Waals surface area contributed by atoms with Gasteiger partial charge in [0.05, 0.1) is 13.2 Å². The first kappa shape index (κ1) is 24.7. The Morgan fingerprint density at radius 3 is 1.88 bits per heavy atom. The number of amides is 1. The summed E-state index contributed by atoms with van der Waals surface area (Å²) >= 11 is 0. The average Bonchev–Trinajstić information content (AvgIpc) is 2.59. The van der Waals surface area contributed by atoms with Gasteiger partial charge in [-0.2, -0.15) is 0 Å². The molecule has 1 N–H and O–H groups in total. The first-order valence-corrected chi connectivity index (χ1v) is 10.6. The van der Waals surface area contributed by atoms with Crippen molar-refractivity contribution in [1.82, 2.24) is 5.32 Å². The lowest BCUT2D eigenvalue weighted by Gasteiger charge is -2.19. The molecule has 0 spiro atoms. The SMILES string of the molecule is CCCCCCCCCCOC(=O)C(CC(C)C)NC(=O)OCCCC. The number of carbonyl (C=O) groups excluding carboxylic acids is 2. The van der Waals surface area contributed by atoms with Crippen molar-refractivity contribution in [3.8, 4) is 0 Å². The topological polar surface area (TPSA) is 64.6 Å². The molecule has 1 amide bonds. The van der Waals surface area contributed by atoms with E-state index in [-0.39, 0.29) is 11.9 Å². The summed E-state index contributed by atoms with van der Waals surface area (Å²) in [6, 6.07) is -0.627. The molecule has 0 radical (unpaired) electrons. The number of hydrogen-bond donors (Lipinski definition) is 1. The molecule has 26 heavy (non-hydrogen) atoms. The number of alkyl carbamates (subject to hydrolysis) is 1. The van der Waals surface area contributed by atoms with Gasteiger partial charge in [0.25, 0.3) is 0 Å². The van der Waals surface area contributed by atoms with Crippen LogP contribution in [0.2, 0.25) is 0 Å². The van der Waals surface area contributed by atoms with Gasteiger partial charge in [0, 0.05) is 0 Å². The summed E-state index contributed by atoms with van der Waals surface area (Å²) in [5.74, 6) is -0.0688. The maximum atomic E-state index is 12.3. The Morgan fingerprint density at radius 1 is 0.769 bits per heavy atom. The average molecular weight is 372 g/mol. The van der Waals surface area contributed by atoms with Crippen molar-refractivity contribution in [3.05, 3.63) is 0 Å². The van der Waals surface area contributed by atoms with Gasteiger partial charge in [-0.05, 0) is 25.2 Å². The molecule has 0 saturated carbocycles. The van der Waals surface area contributed by atoms with Crippen LogP contribution < -0.4 is 5.32 Å². The van der Waals surface area contributed by atoms with Crippen LogP contribution in [0.1, 0.15) is 98.3 Å². The fourth-order valence-electron chi connectivity index (χ4n) is 2.69. The van der Waals surface area contributed by atoms with Crippen LogP contribution in [0.3, 0.4) is 0 Å². The summed E-state index contributed by atoms with van der Waals surface area (Å²) in [6.45, 7) is 9.09. The van der Waals surface area contributed by atoms with Crippen molar-refractivity contribution in [2.75, 3.05) is 13.2 Å². The van der Waals surface area contributed by atoms with Crippen molar-refractivity contribution >= 4 is 12.1 Å². The molecule has 0 aliphatic heterocycles. The van der Waals surface area contributed by atoms with Gasteiger partial charge < -0.3 is 14.8 Å². The number of unbranched alkanes of at least 4 members (excludes halogenated alkanes) is 8. The zero-order valence-corrected chi connectivity index (χ0v) is 17.5. The van der Waals surface area contributed by atoms with Crippen LogP contribution in [0, 0.1) is 5.92 Å². The van der Waals surface area contributed by atoms with E-state index in [1.807, 2.05) is 20.8 Å². The van der Waals surface area contributed by atoms with E-state index < -0.39 is 12.1 Å². The third-order valence-electron chi connectivity index (χ3n) is 4.26. The van der Waals surface area contributed by atoms with Gasteiger partial charge in [-0.25, -0.2) is 9.59 Å². The summed E-state index contributed by atoms with van der Waals surface area (Å²) in [4.78, 5) is 24.1. The third kappa shape index (κ3) is 15.0. The fourth-order valence-corrected chi connectivity index (χ4v) is 2.69. The molecule has 0 saturated heterocycles. The highest BCUT2D eigenvalue weighted by atomic mass is 16.6. The zero-order chi connectivity index (χ0) is 19.6. The lowest BCUT2D eigenvalue weighted by Crippen LogP contribution is -2.43. The highest BCUT2D eigenvalue weighted by molar-refractivity contribution is 5.81. The van der Waals surface area contributed by atoms with Gasteiger partial charge in [0.1, 0.15) is 6.04 Å². The molecule has 1 atom stereocenters. The van der Waals surface area contributed by atoms with E-state index >= 15 is 0 Å². The van der Waals surface area contributed by atoms with E-state index in [1.54, 1.807) is 0 Å². The predicted octanol–water partition coefficient (Wildman–Crippen LogP) is 5.61. The number of rotatable bonds is 16. The van der Waals surface area contributed by atoms with Gasteiger partial charge in [0.15, 0.2) is 0 Å². The van der Waals surface area contributed by atoms with E-state index in [4.69, 9.17) is 9.47 Å². The number of nitrogens with one attached hydrogen (secondary N) is 1. The smallest absolute Gasteiger partial charge is 0.407 e. The van der Waals surface area contributed by atoms with Crippen LogP contribution in [0.25, 0.3) is 0 Å². The van der Waals surface area contributed by atoms with E-state index in [0.29, 0.717) is 19.6 Å². The molecule has 0 aromatic carbocycles. The summed E-state index contributed by atoms with van der Waals surface area (Å²) in [6.07, 6.45) is 11.4. The minimum absolute atomic E-state index is 0.284. The van der Waals surface area contributed by atoms with Crippen molar-refractivity contribution in [2.24, 2.45) is 5.92 Å². The van der Waals surface area contributed by atoms with Crippen LogP contribution in [-0.2, 0) is 14.3 Å². The molecule has 0 rings (SSSR count). The Kier molecular flexibility index (Phi) is 16.3. The number of ether oxygens (including phenoxy) is 2. The molecular weight excluding hydrogens is 330 g/mol. The molecule has 0 fully saturated rings. The standard InChI is InChI=1S/C21H41NO4/c1-5-7-9-10-11-12-13-14-16-25-20(23)19(17-18(3)4)22-21(24)26-15-8-6-2/h18-19H,5-17H2,1-4H3,(H,22,24). The lowest BCUT2D eigenvalue weighted by molar-refractivity contribution is -0.146. The second-order valence-electron chi connectivity index (χ2n) is 7.46. The molecule has 0 aliphatic rings. The minimum Gasteiger partial charge on any atom is -0.464 e. The van der Waals surface area contributed by atoms with Gasteiger partial charge in [-0.1, -0.05) is 79.1 Å². The van der Waals surface area contributed by atoms with Crippen LogP contribution in [0.5, 0.6) is 0 Å². The van der Waals surface area contributed by atoms with Crippen LogP contribution >= 0.6 is 0 Å². The molecule has 5 heteroatoms. The van der Waals surface area contributed by atoms with Crippen LogP contribution in [-0.4, -0.2) is 31.3 Å². The number of hydrogen-bond acceptors (Lipinski definition) is 4. The first-order valence-electron chi connectivity index (χ1n) is 10.6. The molecule has 0 bridgehead atoms. The van der Waals surface area contributed by atoms with Gasteiger partial charge >= 0.3 is 12.1 Å². The highest BCUT2D eigenvalue weighted by Gasteiger charge is 2.23. The van der Waals surface area contributed by atoms with Crippen molar-refractivity contribution in [2.45, 2.75) is 104 Å². The molecule has 5 nitrogen and oxygen atoms in total. The largest absolute Gasteiger partial charge is 0.464 e. The molecule has 154 valence electrons. The number of carbonyl (C=O) groups is 2. The molecule has 0 aromatic rings. The van der Waals surface area contributed by atoms with Gasteiger partial charge in [-0.3, -0.25) is 0 Å². The fraction of sp³-hybridized carbons (Fsp3) is 0.905. The first-order chi connectivity index (χ1) is 12.5. The molecule has 0 aromatic heterocycles. The molecular formula is C21H41NO4. The summed E-state index contributed by atoms with van der Waals surface area (Å²) < 4.78 is 10.5. The van der Waals surface area contributed by atoms with Crippen molar-refractivity contribution < 1.29 is 19.1 Å². The number of esters is 1. The molecule has 1 unspecified atom stereocenters.